The Kier molecular flexibility index (Phi) is 6.25. The molecule has 6 heteroatoms. The lowest BCUT2D eigenvalue weighted by Gasteiger charge is -2.37. The predicted molar refractivity (Wildman–Crippen MR) is 114 cm³/mol. The van der Waals surface area contributed by atoms with Crippen LogP contribution in [-0.4, -0.2) is 45.9 Å². The SMILES string of the molecule is CC(C)C(C(=O)N1C(=O)OCC1(C)C)N(Cc1ccccc1)C(=O)c1ccccc1. The smallest absolute Gasteiger partial charge is 0.417 e. The minimum absolute atomic E-state index is 0.133. The van der Waals surface area contributed by atoms with E-state index in [0.29, 0.717) is 5.56 Å². The summed E-state index contributed by atoms with van der Waals surface area (Å²) in [7, 11) is 0. The summed E-state index contributed by atoms with van der Waals surface area (Å²) in [4.78, 5) is 42.2. The highest BCUT2D eigenvalue weighted by Crippen LogP contribution is 2.28. The topological polar surface area (TPSA) is 66.9 Å². The van der Waals surface area contributed by atoms with Crippen LogP contribution in [0, 0.1) is 5.92 Å². The van der Waals surface area contributed by atoms with Gasteiger partial charge in [0.15, 0.2) is 0 Å². The molecule has 1 fully saturated rings. The number of amides is 3. The molecule has 1 saturated heterocycles. The first-order valence-corrected chi connectivity index (χ1v) is 10.1. The molecule has 0 N–H and O–H groups in total. The summed E-state index contributed by atoms with van der Waals surface area (Å²) in [5, 5.41) is 0. The van der Waals surface area contributed by atoms with Gasteiger partial charge < -0.3 is 9.64 Å². The monoisotopic (exact) mass is 408 g/mol. The molecule has 1 aliphatic rings. The third-order valence-corrected chi connectivity index (χ3v) is 5.25. The fourth-order valence-electron chi connectivity index (χ4n) is 3.74. The number of hydrogen-bond donors (Lipinski definition) is 0. The summed E-state index contributed by atoms with van der Waals surface area (Å²) in [6, 6.07) is 17.6. The molecule has 1 heterocycles. The molecule has 0 radical (unpaired) electrons. The zero-order valence-electron chi connectivity index (χ0n) is 17.9. The van der Waals surface area contributed by atoms with Gasteiger partial charge in [-0.25, -0.2) is 9.69 Å². The van der Waals surface area contributed by atoms with Crippen LogP contribution in [0.25, 0.3) is 0 Å². The second-order valence-corrected chi connectivity index (χ2v) is 8.51. The van der Waals surface area contributed by atoms with Gasteiger partial charge in [0.1, 0.15) is 12.6 Å². The van der Waals surface area contributed by atoms with E-state index in [1.54, 1.807) is 43.0 Å². The van der Waals surface area contributed by atoms with Gasteiger partial charge in [0.25, 0.3) is 11.8 Å². The van der Waals surface area contributed by atoms with Crippen LogP contribution in [0.1, 0.15) is 43.6 Å². The van der Waals surface area contributed by atoms with Gasteiger partial charge >= 0.3 is 6.09 Å². The average molecular weight is 408 g/mol. The molecule has 3 rings (SSSR count). The largest absolute Gasteiger partial charge is 0.447 e. The summed E-state index contributed by atoms with van der Waals surface area (Å²) in [6.07, 6.45) is -0.664. The Hall–Kier alpha value is -3.15. The zero-order chi connectivity index (χ0) is 21.9. The third kappa shape index (κ3) is 4.37. The van der Waals surface area contributed by atoms with Crippen molar-refractivity contribution in [2.24, 2.45) is 5.92 Å². The summed E-state index contributed by atoms with van der Waals surface area (Å²) in [5.41, 5.74) is 0.633. The van der Waals surface area contributed by atoms with Crippen LogP contribution in [0.5, 0.6) is 0 Å². The van der Waals surface area contributed by atoms with Crippen LogP contribution in [-0.2, 0) is 16.1 Å². The van der Waals surface area contributed by atoms with Crippen molar-refractivity contribution in [3.8, 4) is 0 Å². The fraction of sp³-hybridized carbons (Fsp3) is 0.375. The van der Waals surface area contributed by atoms with Gasteiger partial charge in [0, 0.05) is 12.1 Å². The molecule has 0 aromatic heterocycles. The Morgan fingerprint density at radius 1 is 1.03 bits per heavy atom. The zero-order valence-corrected chi connectivity index (χ0v) is 17.9. The molecule has 3 amide bonds. The molecule has 0 bridgehead atoms. The Morgan fingerprint density at radius 2 is 1.60 bits per heavy atom. The van der Waals surface area contributed by atoms with Crippen molar-refractivity contribution in [3.05, 3.63) is 71.8 Å². The molecule has 158 valence electrons. The highest BCUT2D eigenvalue weighted by Gasteiger charge is 2.48. The highest BCUT2D eigenvalue weighted by molar-refractivity contribution is 6.01. The first kappa shape index (κ1) is 21.6. The van der Waals surface area contributed by atoms with Crippen molar-refractivity contribution in [1.29, 1.82) is 0 Å². The molecule has 30 heavy (non-hydrogen) atoms. The van der Waals surface area contributed by atoms with E-state index >= 15 is 0 Å². The lowest BCUT2D eigenvalue weighted by atomic mass is 9.96. The van der Waals surface area contributed by atoms with E-state index in [9.17, 15) is 14.4 Å². The molecule has 6 nitrogen and oxygen atoms in total. The Bertz CT molecular complexity index is 909. The van der Waals surface area contributed by atoms with Crippen molar-refractivity contribution in [1.82, 2.24) is 9.80 Å². The van der Waals surface area contributed by atoms with E-state index in [-0.39, 0.29) is 25.0 Å². The quantitative estimate of drug-likeness (QED) is 0.721. The normalized spacial score (nSPS) is 16.3. The first-order chi connectivity index (χ1) is 14.2. The van der Waals surface area contributed by atoms with Crippen LogP contribution >= 0.6 is 0 Å². The number of hydrogen-bond acceptors (Lipinski definition) is 4. The van der Waals surface area contributed by atoms with Crippen LogP contribution in [0.4, 0.5) is 4.79 Å². The van der Waals surface area contributed by atoms with Crippen molar-refractivity contribution in [3.63, 3.8) is 0 Å². The molecular weight excluding hydrogens is 380 g/mol. The van der Waals surface area contributed by atoms with Crippen molar-refractivity contribution in [2.45, 2.75) is 45.8 Å². The first-order valence-electron chi connectivity index (χ1n) is 10.1. The van der Waals surface area contributed by atoms with Gasteiger partial charge in [0.2, 0.25) is 0 Å². The number of benzene rings is 2. The Labute approximate surface area is 177 Å². The summed E-state index contributed by atoms with van der Waals surface area (Å²) in [5.74, 6) is -0.882. The molecule has 0 aliphatic carbocycles. The average Bonchev–Trinajstić information content (AvgIpc) is 3.00. The number of rotatable bonds is 6. The standard InChI is InChI=1S/C24H28N2O4/c1-17(2)20(22(28)26-23(29)30-16-24(26,3)4)25(15-18-11-7-5-8-12-18)21(27)19-13-9-6-10-14-19/h5-14,17,20H,15-16H2,1-4H3. The van der Waals surface area contributed by atoms with E-state index in [4.69, 9.17) is 4.74 Å². The number of cyclic esters (lactones) is 1. The van der Waals surface area contributed by atoms with Gasteiger partial charge in [-0.15, -0.1) is 0 Å². The summed E-state index contributed by atoms with van der Waals surface area (Å²) >= 11 is 0. The second-order valence-electron chi connectivity index (χ2n) is 8.51. The van der Waals surface area contributed by atoms with Crippen molar-refractivity contribution >= 4 is 17.9 Å². The third-order valence-electron chi connectivity index (χ3n) is 5.25. The van der Waals surface area contributed by atoms with E-state index in [1.165, 1.54) is 0 Å². The van der Waals surface area contributed by atoms with Crippen LogP contribution in [0.2, 0.25) is 0 Å². The fourth-order valence-corrected chi connectivity index (χ4v) is 3.74. The number of imide groups is 1. The number of ether oxygens (including phenoxy) is 1. The van der Waals surface area contributed by atoms with Crippen molar-refractivity contribution < 1.29 is 19.1 Å². The van der Waals surface area contributed by atoms with Crippen LogP contribution in [0.3, 0.4) is 0 Å². The van der Waals surface area contributed by atoms with Gasteiger partial charge in [-0.3, -0.25) is 9.59 Å². The molecule has 1 unspecified atom stereocenters. The maximum absolute atomic E-state index is 13.6. The minimum atomic E-state index is -0.817. The van der Waals surface area contributed by atoms with Gasteiger partial charge in [-0.2, -0.15) is 0 Å². The van der Waals surface area contributed by atoms with Gasteiger partial charge in [0.05, 0.1) is 5.54 Å². The highest BCUT2D eigenvalue weighted by atomic mass is 16.6. The second kappa shape index (κ2) is 8.69. The molecule has 1 atom stereocenters. The van der Waals surface area contributed by atoms with Crippen LogP contribution < -0.4 is 0 Å². The maximum Gasteiger partial charge on any atom is 0.417 e. The minimum Gasteiger partial charge on any atom is -0.447 e. The van der Waals surface area contributed by atoms with Crippen molar-refractivity contribution in [2.75, 3.05) is 6.61 Å². The Morgan fingerprint density at radius 3 is 2.10 bits per heavy atom. The molecular formula is C24H28N2O4. The lowest BCUT2D eigenvalue weighted by molar-refractivity contribution is -0.137. The molecule has 0 spiro atoms. The molecule has 2 aromatic carbocycles. The van der Waals surface area contributed by atoms with E-state index < -0.39 is 23.6 Å². The van der Waals surface area contributed by atoms with E-state index in [1.807, 2.05) is 50.2 Å². The summed E-state index contributed by atoms with van der Waals surface area (Å²) < 4.78 is 5.14. The lowest BCUT2D eigenvalue weighted by Crippen LogP contribution is -2.57. The molecule has 0 saturated carbocycles. The maximum atomic E-state index is 13.6. The number of nitrogens with zero attached hydrogens (tertiary/aromatic N) is 2. The number of carbonyl (C=O) groups excluding carboxylic acids is 3. The van der Waals surface area contributed by atoms with Gasteiger partial charge in [-0.05, 0) is 37.5 Å². The van der Waals surface area contributed by atoms with Crippen LogP contribution in [0.15, 0.2) is 60.7 Å². The van der Waals surface area contributed by atoms with E-state index in [0.717, 1.165) is 10.5 Å². The summed E-state index contributed by atoms with van der Waals surface area (Å²) in [6.45, 7) is 7.72. The Balaban J connectivity index is 2.02. The van der Waals surface area contributed by atoms with Gasteiger partial charge in [-0.1, -0.05) is 62.4 Å². The molecule has 1 aliphatic heterocycles. The molecule has 2 aromatic rings. The predicted octanol–water partition coefficient (Wildman–Crippen LogP) is 4.11. The van der Waals surface area contributed by atoms with E-state index in [2.05, 4.69) is 0 Å². The number of carbonyl (C=O) groups is 3.